The minimum Gasteiger partial charge on any atom is -0.421 e. The number of benzene rings is 1. The molecule has 0 amide bonds. The number of carbonyl (C=O) groups is 2. The molecule has 0 fully saturated rings. The van der Waals surface area contributed by atoms with E-state index < -0.39 is 30.3 Å². The maximum absolute atomic E-state index is 13.7. The summed E-state index contributed by atoms with van der Waals surface area (Å²) in [7, 11) is 2.56. The van der Waals surface area contributed by atoms with Gasteiger partial charge in [0, 0.05) is 14.2 Å². The number of methoxy groups -OCH3 is 2. The molecule has 1 aliphatic carbocycles. The third kappa shape index (κ3) is 6.93. The van der Waals surface area contributed by atoms with Crippen molar-refractivity contribution in [2.45, 2.75) is 45.2 Å². The molecule has 0 heterocycles. The first-order valence-electron chi connectivity index (χ1n) is 10.3. The molecule has 6 nitrogen and oxygen atoms in total. The number of hydrogen-bond acceptors (Lipinski definition) is 6. The normalized spacial score (nSPS) is 14.3. The van der Waals surface area contributed by atoms with Gasteiger partial charge in [-0.15, -0.1) is 0 Å². The van der Waals surface area contributed by atoms with Crippen LogP contribution in [0.25, 0.3) is 11.1 Å². The zero-order valence-electron chi connectivity index (χ0n) is 18.3. The van der Waals surface area contributed by atoms with Crippen LogP contribution >= 0.6 is 0 Å². The molecule has 0 unspecified atom stereocenters. The highest BCUT2D eigenvalue weighted by molar-refractivity contribution is 5.98. The van der Waals surface area contributed by atoms with E-state index in [4.69, 9.17) is 14.2 Å². The zero-order chi connectivity index (χ0) is 23.7. The van der Waals surface area contributed by atoms with Gasteiger partial charge in [0.1, 0.15) is 13.2 Å². The Kier molecular flexibility index (Phi) is 9.46. The van der Waals surface area contributed by atoms with Crippen molar-refractivity contribution in [2.24, 2.45) is 0 Å². The van der Waals surface area contributed by atoms with Gasteiger partial charge in [0.15, 0.2) is 11.5 Å². The van der Waals surface area contributed by atoms with E-state index in [1.807, 2.05) is 0 Å². The topological polar surface area (TPSA) is 71.1 Å². The molecule has 0 N–H and O–H groups in total. The molecule has 0 saturated heterocycles. The van der Waals surface area contributed by atoms with Gasteiger partial charge < -0.3 is 18.9 Å². The average Bonchev–Trinajstić information content (AvgIpc) is 3.06. The second-order valence-electron chi connectivity index (χ2n) is 7.22. The van der Waals surface area contributed by atoms with Crippen molar-refractivity contribution in [1.82, 2.24) is 0 Å². The van der Waals surface area contributed by atoms with Crippen LogP contribution in [-0.4, -0.2) is 45.5 Å². The van der Waals surface area contributed by atoms with Crippen molar-refractivity contribution < 1.29 is 41.7 Å². The second-order valence-corrected chi connectivity index (χ2v) is 7.22. The fraction of sp³-hybridized carbons (Fsp3) is 0.478. The summed E-state index contributed by atoms with van der Waals surface area (Å²) in [4.78, 5) is 23.8. The van der Waals surface area contributed by atoms with Gasteiger partial charge in [-0.05, 0) is 47.8 Å². The van der Waals surface area contributed by atoms with E-state index in [2.05, 4.69) is 11.7 Å². The molecule has 0 bridgehead atoms. The Balaban J connectivity index is 2.48. The Morgan fingerprint density at radius 2 is 1.47 bits per heavy atom. The van der Waals surface area contributed by atoms with Crippen LogP contribution < -0.4 is 9.47 Å². The molecule has 0 spiro atoms. The molecule has 1 aromatic carbocycles. The Morgan fingerprint density at radius 1 is 0.906 bits per heavy atom. The number of esters is 2. The van der Waals surface area contributed by atoms with Crippen LogP contribution in [-0.2, 0) is 19.1 Å². The van der Waals surface area contributed by atoms with Crippen molar-refractivity contribution in [3.05, 3.63) is 35.4 Å². The largest absolute Gasteiger partial charge is 0.421 e. The predicted octanol–water partition coefficient (Wildman–Crippen LogP) is 5.10. The highest BCUT2D eigenvalue weighted by atomic mass is 19.4. The summed E-state index contributed by atoms with van der Waals surface area (Å²) in [6, 6.07) is 2.35. The molecule has 9 heteroatoms. The van der Waals surface area contributed by atoms with Gasteiger partial charge in [-0.2, -0.15) is 13.2 Å². The number of rotatable bonds is 11. The maximum atomic E-state index is 13.7. The summed E-state index contributed by atoms with van der Waals surface area (Å²) >= 11 is 0. The van der Waals surface area contributed by atoms with E-state index in [0.717, 1.165) is 37.8 Å². The first-order valence-corrected chi connectivity index (χ1v) is 10.3. The summed E-state index contributed by atoms with van der Waals surface area (Å²) in [5, 5.41) is 0. The van der Waals surface area contributed by atoms with Crippen molar-refractivity contribution in [1.29, 1.82) is 0 Å². The van der Waals surface area contributed by atoms with Gasteiger partial charge >= 0.3 is 18.1 Å². The number of hydrogen-bond donors (Lipinski definition) is 0. The van der Waals surface area contributed by atoms with Gasteiger partial charge in [0.05, 0.1) is 5.57 Å². The molecule has 32 heavy (non-hydrogen) atoms. The summed E-state index contributed by atoms with van der Waals surface area (Å²) < 4.78 is 60.8. The SMILES string of the molecule is CCCCCC/C=C1\C=C(C(F)(F)F)c2cc(OC(=O)COC)c(OC(=O)COC)cc21. The lowest BCUT2D eigenvalue weighted by molar-refractivity contribution is -0.141. The standard InChI is InChI=1S/C23H27F3O6/c1-4-5-6-7-8-9-15-10-18(23(24,25)26)17-12-20(32-22(28)14-30-3)19(11-16(15)17)31-21(27)13-29-2/h9-12H,4-8,13-14H2,1-3H3/b15-9+. The fourth-order valence-electron chi connectivity index (χ4n) is 3.26. The lowest BCUT2D eigenvalue weighted by atomic mass is 10.0. The van der Waals surface area contributed by atoms with Gasteiger partial charge in [0.2, 0.25) is 0 Å². The molecule has 2 rings (SSSR count). The first-order chi connectivity index (χ1) is 15.2. The van der Waals surface area contributed by atoms with Gasteiger partial charge in [-0.3, -0.25) is 0 Å². The van der Waals surface area contributed by atoms with Crippen LogP contribution in [0.15, 0.2) is 24.3 Å². The predicted molar refractivity (Wildman–Crippen MR) is 112 cm³/mol. The molecular formula is C23H27F3O6. The molecule has 0 aromatic heterocycles. The van der Waals surface area contributed by atoms with E-state index in [1.165, 1.54) is 20.3 Å². The average molecular weight is 456 g/mol. The van der Waals surface area contributed by atoms with Crippen molar-refractivity contribution in [3.8, 4) is 11.5 Å². The molecule has 1 aromatic rings. The first kappa shape index (κ1) is 25.6. The molecule has 0 radical (unpaired) electrons. The summed E-state index contributed by atoms with van der Waals surface area (Å²) in [5.74, 6) is -2.12. The molecular weight excluding hydrogens is 429 g/mol. The lowest BCUT2D eigenvalue weighted by Gasteiger charge is -2.15. The molecule has 0 atom stereocenters. The lowest BCUT2D eigenvalue weighted by Crippen LogP contribution is -2.18. The zero-order valence-corrected chi connectivity index (χ0v) is 18.3. The number of carbonyl (C=O) groups excluding carboxylic acids is 2. The summed E-state index contributed by atoms with van der Waals surface area (Å²) in [6.45, 7) is 1.27. The number of allylic oxidation sites excluding steroid dienone is 4. The third-order valence-corrected chi connectivity index (χ3v) is 4.68. The van der Waals surface area contributed by atoms with E-state index in [9.17, 15) is 22.8 Å². The number of fused-ring (bicyclic) bond motifs is 1. The number of halogens is 3. The van der Waals surface area contributed by atoms with Crippen molar-refractivity contribution in [3.63, 3.8) is 0 Å². The quantitative estimate of drug-likeness (QED) is 0.262. The Bertz CT molecular complexity index is 886. The van der Waals surface area contributed by atoms with Gasteiger partial charge in [0.25, 0.3) is 0 Å². The Morgan fingerprint density at radius 3 is 1.97 bits per heavy atom. The molecule has 0 saturated carbocycles. The van der Waals surface area contributed by atoms with E-state index in [0.29, 0.717) is 12.0 Å². The Hall–Kier alpha value is -2.65. The summed E-state index contributed by atoms with van der Waals surface area (Å²) in [6.07, 6.45) is 2.74. The number of ether oxygens (including phenoxy) is 4. The van der Waals surface area contributed by atoms with Crippen LogP contribution in [0.5, 0.6) is 11.5 Å². The van der Waals surface area contributed by atoms with Crippen molar-refractivity contribution in [2.75, 3.05) is 27.4 Å². The smallest absolute Gasteiger partial charge is 0.417 e. The van der Waals surface area contributed by atoms with E-state index in [1.54, 1.807) is 6.08 Å². The minimum absolute atomic E-state index is 0.149. The highest BCUT2D eigenvalue weighted by Gasteiger charge is 2.40. The van der Waals surface area contributed by atoms with Crippen LogP contribution in [0.2, 0.25) is 0 Å². The van der Waals surface area contributed by atoms with Crippen molar-refractivity contribution >= 4 is 23.1 Å². The minimum atomic E-state index is -4.62. The third-order valence-electron chi connectivity index (χ3n) is 4.68. The highest BCUT2D eigenvalue weighted by Crippen LogP contribution is 2.48. The number of alkyl halides is 3. The van der Waals surface area contributed by atoms with Gasteiger partial charge in [-0.1, -0.05) is 32.3 Å². The summed E-state index contributed by atoms with van der Waals surface area (Å²) in [5.41, 5.74) is -0.377. The van der Waals surface area contributed by atoms with Gasteiger partial charge in [-0.25, -0.2) is 9.59 Å². The molecule has 1 aliphatic rings. The van der Waals surface area contributed by atoms with Crippen LogP contribution in [0.3, 0.4) is 0 Å². The molecule has 176 valence electrons. The van der Waals surface area contributed by atoms with E-state index in [-0.39, 0.29) is 29.2 Å². The van der Waals surface area contributed by atoms with Crippen LogP contribution in [0.4, 0.5) is 13.2 Å². The van der Waals surface area contributed by atoms with Crippen LogP contribution in [0.1, 0.15) is 50.2 Å². The molecule has 0 aliphatic heterocycles. The second kappa shape index (κ2) is 11.8. The Labute approximate surface area is 185 Å². The number of unbranched alkanes of at least 4 members (excludes halogenated alkanes) is 4. The maximum Gasteiger partial charge on any atom is 0.417 e. The monoisotopic (exact) mass is 456 g/mol. The fourth-order valence-corrected chi connectivity index (χ4v) is 3.26. The van der Waals surface area contributed by atoms with Crippen LogP contribution in [0, 0.1) is 0 Å². The van der Waals surface area contributed by atoms with E-state index >= 15 is 0 Å².